The van der Waals surface area contributed by atoms with Crippen molar-refractivity contribution in [2.75, 3.05) is 45.6 Å². The van der Waals surface area contributed by atoms with Crippen LogP contribution < -0.4 is 0 Å². The summed E-state index contributed by atoms with van der Waals surface area (Å²) in [5.41, 5.74) is 0. The van der Waals surface area contributed by atoms with Crippen LogP contribution in [0.25, 0.3) is 0 Å². The molecule has 3 amide bonds. The van der Waals surface area contributed by atoms with Crippen molar-refractivity contribution in [3.05, 3.63) is 0 Å². The van der Waals surface area contributed by atoms with Crippen LogP contribution in [0.15, 0.2) is 0 Å². The maximum atomic E-state index is 12.7. The number of rotatable bonds is 3. The molecule has 0 saturated carbocycles. The maximum absolute atomic E-state index is 12.7. The quantitative estimate of drug-likeness (QED) is 0.578. The van der Waals surface area contributed by atoms with Crippen molar-refractivity contribution < 1.29 is 27.5 Å². The molecule has 26 heavy (non-hydrogen) atoms. The van der Waals surface area contributed by atoms with Gasteiger partial charge >= 0.3 is 0 Å². The van der Waals surface area contributed by atoms with Crippen LogP contribution in [0.3, 0.4) is 0 Å². The normalized spacial score (nSPS) is 25.0. The molecule has 0 N–H and O–H groups in total. The molecule has 0 radical (unpaired) electrons. The average molecular weight is 387 g/mol. The molecule has 0 aromatic carbocycles. The number of piperidine rings is 2. The predicted octanol–water partition coefficient (Wildman–Crippen LogP) is -0.966. The number of carbonyl (C=O) groups is 3. The Labute approximate surface area is 153 Å². The first-order valence-corrected chi connectivity index (χ1v) is 10.8. The van der Waals surface area contributed by atoms with Crippen LogP contribution in [0, 0.1) is 5.92 Å². The van der Waals surface area contributed by atoms with Crippen molar-refractivity contribution in [2.24, 2.45) is 5.92 Å². The third-order valence-corrected chi connectivity index (χ3v) is 6.71. The fraction of sp³-hybridized carbons (Fsp3) is 0.812. The largest absolute Gasteiger partial charge is 0.362 e. The number of likely N-dealkylation sites (tertiary alicyclic amines) is 1. The summed E-state index contributed by atoms with van der Waals surface area (Å²) in [4.78, 5) is 39.6. The molecule has 0 aromatic heterocycles. The molecule has 3 heterocycles. The molecular formula is C16H25N3O6S. The Morgan fingerprint density at radius 3 is 2.00 bits per heavy atom. The van der Waals surface area contributed by atoms with E-state index >= 15 is 0 Å². The van der Waals surface area contributed by atoms with Gasteiger partial charge < -0.3 is 9.64 Å². The van der Waals surface area contributed by atoms with Gasteiger partial charge in [0.25, 0.3) is 11.8 Å². The van der Waals surface area contributed by atoms with Crippen LogP contribution in [0.5, 0.6) is 0 Å². The number of nitrogens with zero attached hydrogens (tertiary/aromatic N) is 3. The molecule has 0 atom stereocenters. The van der Waals surface area contributed by atoms with Gasteiger partial charge in [-0.3, -0.25) is 19.3 Å². The van der Waals surface area contributed by atoms with Gasteiger partial charge in [-0.05, 0) is 25.7 Å². The first-order valence-electron chi connectivity index (χ1n) is 8.94. The van der Waals surface area contributed by atoms with E-state index in [9.17, 15) is 22.8 Å². The Morgan fingerprint density at radius 2 is 1.50 bits per heavy atom. The number of hydrogen-bond acceptors (Lipinski definition) is 6. The van der Waals surface area contributed by atoms with Crippen molar-refractivity contribution in [1.29, 1.82) is 0 Å². The van der Waals surface area contributed by atoms with Gasteiger partial charge in [-0.2, -0.15) is 0 Å². The van der Waals surface area contributed by atoms with Crippen LogP contribution in [-0.4, -0.2) is 91.9 Å². The third kappa shape index (κ3) is 4.07. The molecule has 146 valence electrons. The summed E-state index contributed by atoms with van der Waals surface area (Å²) in [5.74, 6) is -0.717. The summed E-state index contributed by atoms with van der Waals surface area (Å²) in [6.45, 7) is 1.64. The van der Waals surface area contributed by atoms with Gasteiger partial charge in [0.2, 0.25) is 15.9 Å². The maximum Gasteiger partial charge on any atom is 0.255 e. The molecular weight excluding hydrogens is 362 g/mol. The molecule has 3 aliphatic rings. The van der Waals surface area contributed by atoms with Gasteiger partial charge in [0.05, 0.1) is 6.26 Å². The SMILES string of the molecule is CS(=O)(=O)N1CCC(C(=O)N2CCC(N3C(=O)COCC3=O)CC2)CC1. The lowest BCUT2D eigenvalue weighted by molar-refractivity contribution is -0.162. The predicted molar refractivity (Wildman–Crippen MR) is 91.4 cm³/mol. The highest BCUT2D eigenvalue weighted by molar-refractivity contribution is 7.88. The molecule has 0 bridgehead atoms. The van der Waals surface area contributed by atoms with E-state index < -0.39 is 10.0 Å². The Bertz CT molecular complexity index is 662. The number of morpholine rings is 1. The first kappa shape index (κ1) is 19.2. The summed E-state index contributed by atoms with van der Waals surface area (Å²) < 4.78 is 29.5. The Balaban J connectivity index is 1.51. The Hall–Kier alpha value is -1.52. The van der Waals surface area contributed by atoms with Crippen LogP contribution in [0.2, 0.25) is 0 Å². The van der Waals surface area contributed by atoms with Crippen molar-refractivity contribution in [3.63, 3.8) is 0 Å². The lowest BCUT2D eigenvalue weighted by Gasteiger charge is -2.40. The van der Waals surface area contributed by atoms with Gasteiger partial charge in [0.1, 0.15) is 13.2 Å². The van der Waals surface area contributed by atoms with Gasteiger partial charge in [0, 0.05) is 38.1 Å². The number of imide groups is 1. The molecule has 10 heteroatoms. The topological polar surface area (TPSA) is 104 Å². The number of hydrogen-bond donors (Lipinski definition) is 0. The molecule has 3 rings (SSSR count). The highest BCUT2D eigenvalue weighted by Gasteiger charge is 2.37. The van der Waals surface area contributed by atoms with E-state index in [1.165, 1.54) is 15.5 Å². The van der Waals surface area contributed by atoms with E-state index in [1.807, 2.05) is 0 Å². The number of sulfonamides is 1. The van der Waals surface area contributed by atoms with E-state index in [2.05, 4.69) is 0 Å². The molecule has 0 spiro atoms. The molecule has 3 saturated heterocycles. The summed E-state index contributed by atoms with van der Waals surface area (Å²) in [6.07, 6.45) is 3.41. The lowest BCUT2D eigenvalue weighted by atomic mass is 9.94. The lowest BCUT2D eigenvalue weighted by Crippen LogP contribution is -2.56. The zero-order valence-electron chi connectivity index (χ0n) is 14.9. The van der Waals surface area contributed by atoms with E-state index in [0.717, 1.165) is 0 Å². The first-order chi connectivity index (χ1) is 12.3. The monoisotopic (exact) mass is 387 g/mol. The number of carbonyl (C=O) groups excluding carboxylic acids is 3. The molecule has 3 fully saturated rings. The summed E-state index contributed by atoms with van der Waals surface area (Å²) in [5, 5.41) is 0. The van der Waals surface area contributed by atoms with Gasteiger partial charge in [-0.1, -0.05) is 0 Å². The fourth-order valence-electron chi connectivity index (χ4n) is 3.95. The van der Waals surface area contributed by atoms with Crippen molar-refractivity contribution in [1.82, 2.24) is 14.1 Å². The summed E-state index contributed by atoms with van der Waals surface area (Å²) >= 11 is 0. The minimum atomic E-state index is -3.20. The highest BCUT2D eigenvalue weighted by atomic mass is 32.2. The van der Waals surface area contributed by atoms with E-state index in [1.54, 1.807) is 4.90 Å². The van der Waals surface area contributed by atoms with Crippen molar-refractivity contribution >= 4 is 27.7 Å². The molecule has 9 nitrogen and oxygen atoms in total. The van der Waals surface area contributed by atoms with Crippen LogP contribution >= 0.6 is 0 Å². The Kier molecular flexibility index (Phi) is 5.64. The highest BCUT2D eigenvalue weighted by Crippen LogP contribution is 2.25. The van der Waals surface area contributed by atoms with Crippen molar-refractivity contribution in [2.45, 2.75) is 31.7 Å². The number of amides is 3. The standard InChI is InChI=1S/C16H25N3O6S/c1-26(23,24)18-8-2-12(3-9-18)16(22)17-6-4-13(5-7-17)19-14(20)10-25-11-15(19)21/h12-13H,2-11H2,1H3. The van der Waals surface area contributed by atoms with E-state index in [4.69, 9.17) is 4.74 Å². The minimum absolute atomic E-state index is 0.0521. The zero-order valence-corrected chi connectivity index (χ0v) is 15.7. The van der Waals surface area contributed by atoms with Crippen LogP contribution in [0.4, 0.5) is 0 Å². The second-order valence-electron chi connectivity index (χ2n) is 7.14. The molecule has 3 aliphatic heterocycles. The summed E-state index contributed by atoms with van der Waals surface area (Å²) in [6, 6.07) is -0.171. The van der Waals surface area contributed by atoms with Gasteiger partial charge in [0.15, 0.2) is 0 Å². The van der Waals surface area contributed by atoms with Gasteiger partial charge in [-0.25, -0.2) is 12.7 Å². The summed E-state index contributed by atoms with van der Waals surface area (Å²) in [7, 11) is -3.20. The Morgan fingerprint density at radius 1 is 0.962 bits per heavy atom. The second kappa shape index (κ2) is 7.61. The number of ether oxygens (including phenoxy) is 1. The molecule has 0 aliphatic carbocycles. The van der Waals surface area contributed by atoms with E-state index in [0.29, 0.717) is 51.9 Å². The molecule has 0 aromatic rings. The van der Waals surface area contributed by atoms with Crippen molar-refractivity contribution in [3.8, 4) is 0 Å². The zero-order chi connectivity index (χ0) is 18.9. The molecule has 0 unspecified atom stereocenters. The van der Waals surface area contributed by atoms with Crippen LogP contribution in [-0.2, 0) is 29.1 Å². The van der Waals surface area contributed by atoms with Gasteiger partial charge in [-0.15, -0.1) is 0 Å². The minimum Gasteiger partial charge on any atom is -0.362 e. The third-order valence-electron chi connectivity index (χ3n) is 5.40. The van der Waals surface area contributed by atoms with Crippen LogP contribution in [0.1, 0.15) is 25.7 Å². The van der Waals surface area contributed by atoms with E-state index in [-0.39, 0.29) is 42.9 Å². The average Bonchev–Trinajstić information content (AvgIpc) is 2.61. The fourth-order valence-corrected chi connectivity index (χ4v) is 4.82. The second-order valence-corrected chi connectivity index (χ2v) is 9.13. The smallest absolute Gasteiger partial charge is 0.255 e.